The fourth-order valence-corrected chi connectivity index (χ4v) is 10.1. The molecule has 0 bridgehead atoms. The first kappa shape index (κ1) is 15.9. The Kier molecular flexibility index (Phi) is 5.08. The SMILES string of the molecule is CO[Si](C)(CCC1CCC2OC2C1)O[Si](C)(C)O[SiH3]. The standard InChI is InChI=1S/C12H28O4Si3/c1-13-19(4,16-18(2,3)15-17)8-7-10-5-6-11-12(9-10)14-11/h10-12H,5-9H2,1-4,17H3. The van der Waals surface area contributed by atoms with Crippen LogP contribution in [0.25, 0.3) is 0 Å². The predicted molar refractivity (Wildman–Crippen MR) is 83.6 cm³/mol. The zero-order valence-corrected chi connectivity index (χ0v) is 16.9. The van der Waals surface area contributed by atoms with Gasteiger partial charge >= 0.3 is 17.1 Å². The number of hydrogen-bond acceptors (Lipinski definition) is 4. The molecule has 4 atom stereocenters. The van der Waals surface area contributed by atoms with E-state index in [-0.39, 0.29) is 0 Å². The first-order valence-corrected chi connectivity index (χ1v) is 13.5. The van der Waals surface area contributed by atoms with Crippen molar-refractivity contribution in [3.63, 3.8) is 0 Å². The third kappa shape index (κ3) is 4.48. The van der Waals surface area contributed by atoms with E-state index < -0.39 is 17.1 Å². The lowest BCUT2D eigenvalue weighted by atomic mass is 9.88. The predicted octanol–water partition coefficient (Wildman–Crippen LogP) is 1.68. The van der Waals surface area contributed by atoms with E-state index in [4.69, 9.17) is 17.4 Å². The zero-order valence-electron chi connectivity index (χ0n) is 12.9. The average molecular weight is 321 g/mol. The first-order chi connectivity index (χ1) is 8.87. The van der Waals surface area contributed by atoms with E-state index >= 15 is 0 Å². The van der Waals surface area contributed by atoms with Crippen LogP contribution in [-0.4, -0.2) is 46.9 Å². The van der Waals surface area contributed by atoms with Crippen molar-refractivity contribution in [1.82, 2.24) is 0 Å². The van der Waals surface area contributed by atoms with Gasteiger partial charge in [-0.25, -0.2) is 0 Å². The molecule has 1 aliphatic heterocycles. The monoisotopic (exact) mass is 320 g/mol. The molecular weight excluding hydrogens is 292 g/mol. The molecule has 4 nitrogen and oxygen atoms in total. The van der Waals surface area contributed by atoms with Crippen LogP contribution in [0.15, 0.2) is 0 Å². The highest BCUT2D eigenvalue weighted by atomic mass is 28.5. The molecular formula is C12H28O4Si3. The highest BCUT2D eigenvalue weighted by Crippen LogP contribution is 2.41. The molecule has 0 amide bonds. The van der Waals surface area contributed by atoms with Crippen LogP contribution in [0.4, 0.5) is 0 Å². The zero-order chi connectivity index (χ0) is 14.1. The minimum Gasteiger partial charge on any atom is -0.445 e. The lowest BCUT2D eigenvalue weighted by molar-refractivity contribution is 0.268. The molecule has 0 aromatic heterocycles. The van der Waals surface area contributed by atoms with Crippen molar-refractivity contribution in [1.29, 1.82) is 0 Å². The van der Waals surface area contributed by atoms with Crippen LogP contribution in [0, 0.1) is 5.92 Å². The fraction of sp³-hybridized carbons (Fsp3) is 1.00. The van der Waals surface area contributed by atoms with Gasteiger partial charge in [0.1, 0.15) is 10.5 Å². The molecule has 0 N–H and O–H groups in total. The molecule has 112 valence electrons. The third-order valence-electron chi connectivity index (χ3n) is 4.50. The van der Waals surface area contributed by atoms with Crippen LogP contribution >= 0.6 is 0 Å². The summed E-state index contributed by atoms with van der Waals surface area (Å²) in [6.07, 6.45) is 6.21. The normalized spacial score (nSPS) is 33.8. The van der Waals surface area contributed by atoms with Crippen LogP contribution in [-0.2, 0) is 17.4 Å². The van der Waals surface area contributed by atoms with E-state index in [0.717, 1.165) is 22.4 Å². The summed E-state index contributed by atoms with van der Waals surface area (Å²) < 4.78 is 23.3. The second-order valence-electron chi connectivity index (χ2n) is 6.47. The van der Waals surface area contributed by atoms with E-state index in [0.29, 0.717) is 12.2 Å². The van der Waals surface area contributed by atoms with Crippen LogP contribution in [0.1, 0.15) is 25.7 Å². The topological polar surface area (TPSA) is 40.2 Å². The molecule has 1 saturated carbocycles. The van der Waals surface area contributed by atoms with Crippen LogP contribution in [0.5, 0.6) is 0 Å². The fourth-order valence-electron chi connectivity index (χ4n) is 2.97. The van der Waals surface area contributed by atoms with E-state index in [9.17, 15) is 0 Å². The molecule has 2 fully saturated rings. The number of ether oxygens (including phenoxy) is 1. The van der Waals surface area contributed by atoms with Crippen molar-refractivity contribution in [3.05, 3.63) is 0 Å². The third-order valence-corrected chi connectivity index (χ3v) is 14.2. The molecule has 19 heavy (non-hydrogen) atoms. The summed E-state index contributed by atoms with van der Waals surface area (Å²) in [7, 11) is -1.47. The molecule has 2 rings (SSSR count). The van der Waals surface area contributed by atoms with Gasteiger partial charge in [-0.3, -0.25) is 0 Å². The van der Waals surface area contributed by atoms with Gasteiger partial charge in [-0.1, -0.05) is 0 Å². The second kappa shape index (κ2) is 6.08. The lowest BCUT2D eigenvalue weighted by Crippen LogP contribution is -2.49. The molecule has 0 radical (unpaired) electrons. The van der Waals surface area contributed by atoms with Gasteiger partial charge in [-0.05, 0) is 57.3 Å². The van der Waals surface area contributed by atoms with Gasteiger partial charge in [0.15, 0.2) is 0 Å². The Morgan fingerprint density at radius 3 is 2.53 bits per heavy atom. The maximum atomic E-state index is 6.29. The molecule has 0 spiro atoms. The number of fused-ring (bicyclic) bond motifs is 1. The Labute approximate surface area is 122 Å². The number of hydrogen-bond donors (Lipinski definition) is 0. The Hall–Kier alpha value is 0.491. The van der Waals surface area contributed by atoms with Crippen LogP contribution in [0.2, 0.25) is 25.7 Å². The van der Waals surface area contributed by atoms with Crippen molar-refractivity contribution >= 4 is 27.6 Å². The van der Waals surface area contributed by atoms with Gasteiger partial charge in [0.25, 0.3) is 0 Å². The molecule has 7 heteroatoms. The highest BCUT2D eigenvalue weighted by Gasteiger charge is 2.45. The van der Waals surface area contributed by atoms with Crippen molar-refractivity contribution in [3.8, 4) is 0 Å². The number of rotatable bonds is 7. The Morgan fingerprint density at radius 2 is 1.95 bits per heavy atom. The van der Waals surface area contributed by atoms with E-state index in [1.807, 2.05) is 0 Å². The molecule has 0 aromatic carbocycles. The summed E-state index contributed by atoms with van der Waals surface area (Å²) >= 11 is 0. The molecule has 1 saturated heterocycles. The summed E-state index contributed by atoms with van der Waals surface area (Å²) in [6.45, 7) is 6.42. The maximum absolute atomic E-state index is 6.29. The van der Waals surface area contributed by atoms with E-state index in [1.54, 1.807) is 7.11 Å². The lowest BCUT2D eigenvalue weighted by Gasteiger charge is -2.34. The Balaban J connectivity index is 1.80. The average Bonchev–Trinajstić information content (AvgIpc) is 3.14. The van der Waals surface area contributed by atoms with Gasteiger partial charge in [0.05, 0.1) is 12.2 Å². The summed E-state index contributed by atoms with van der Waals surface area (Å²) in [5.41, 5.74) is 0. The minimum absolute atomic E-state index is 0.575. The molecule has 1 aliphatic carbocycles. The van der Waals surface area contributed by atoms with Crippen LogP contribution < -0.4 is 0 Å². The van der Waals surface area contributed by atoms with Crippen molar-refractivity contribution in [2.75, 3.05) is 7.11 Å². The summed E-state index contributed by atoms with van der Waals surface area (Å²) in [6, 6.07) is 1.08. The molecule has 1 heterocycles. The molecule has 2 aliphatic rings. The van der Waals surface area contributed by atoms with Gasteiger partial charge in [0, 0.05) is 7.11 Å². The van der Waals surface area contributed by atoms with Crippen molar-refractivity contribution in [2.24, 2.45) is 5.92 Å². The van der Waals surface area contributed by atoms with E-state index in [1.165, 1.54) is 25.7 Å². The summed E-state index contributed by atoms with van der Waals surface area (Å²) in [4.78, 5) is 0. The maximum Gasteiger partial charge on any atom is 0.325 e. The van der Waals surface area contributed by atoms with Gasteiger partial charge in [-0.2, -0.15) is 0 Å². The molecule has 0 aromatic rings. The van der Waals surface area contributed by atoms with Crippen LogP contribution in [0.3, 0.4) is 0 Å². The second-order valence-corrected chi connectivity index (χ2v) is 14.9. The smallest absolute Gasteiger partial charge is 0.325 e. The van der Waals surface area contributed by atoms with Crippen molar-refractivity contribution in [2.45, 2.75) is 63.6 Å². The largest absolute Gasteiger partial charge is 0.445 e. The van der Waals surface area contributed by atoms with Crippen molar-refractivity contribution < 1.29 is 17.4 Å². The summed E-state index contributed by atoms with van der Waals surface area (Å²) in [5.74, 6) is 0.802. The quantitative estimate of drug-likeness (QED) is 0.528. The van der Waals surface area contributed by atoms with Gasteiger partial charge in [-0.15, -0.1) is 0 Å². The minimum atomic E-state index is -2.05. The Morgan fingerprint density at radius 1 is 1.21 bits per heavy atom. The van der Waals surface area contributed by atoms with E-state index in [2.05, 4.69) is 19.6 Å². The van der Waals surface area contributed by atoms with Gasteiger partial charge in [0.2, 0.25) is 0 Å². The highest BCUT2D eigenvalue weighted by molar-refractivity contribution is 6.80. The first-order valence-electron chi connectivity index (χ1n) is 7.33. The molecule has 4 unspecified atom stereocenters. The Bertz CT molecular complexity index is 315. The van der Waals surface area contributed by atoms with Gasteiger partial charge < -0.3 is 17.4 Å². The summed E-state index contributed by atoms with van der Waals surface area (Å²) in [5, 5.41) is 0. The number of epoxide rings is 1.